The van der Waals surface area contributed by atoms with Gasteiger partial charge >= 0.3 is 0 Å². The second kappa shape index (κ2) is 6.87. The smallest absolute Gasteiger partial charge is 0.105 e. The average molecular weight is 320 g/mol. The SMILES string of the molecule is COC[C@@H]1c2nnn(CC3CC3)c2CCN1CC1CCOCC1. The van der Waals surface area contributed by atoms with Gasteiger partial charge in [-0.25, -0.2) is 4.68 Å². The van der Waals surface area contributed by atoms with Gasteiger partial charge in [-0.1, -0.05) is 5.21 Å². The van der Waals surface area contributed by atoms with Gasteiger partial charge in [-0.2, -0.15) is 0 Å². The lowest BCUT2D eigenvalue weighted by Gasteiger charge is -2.37. The Morgan fingerprint density at radius 2 is 1.91 bits per heavy atom. The second-order valence-corrected chi connectivity index (χ2v) is 7.32. The molecule has 2 aliphatic heterocycles. The maximum atomic E-state index is 5.52. The average Bonchev–Trinajstić information content (AvgIpc) is 3.30. The molecule has 23 heavy (non-hydrogen) atoms. The van der Waals surface area contributed by atoms with Crippen LogP contribution in [0.4, 0.5) is 0 Å². The van der Waals surface area contributed by atoms with Crippen LogP contribution in [0.3, 0.4) is 0 Å². The molecule has 1 aliphatic carbocycles. The van der Waals surface area contributed by atoms with Crippen LogP contribution in [0.1, 0.15) is 43.1 Å². The first-order chi connectivity index (χ1) is 11.3. The Bertz CT molecular complexity index is 523. The standard InChI is InChI=1S/C17H28N4O2/c1-22-12-16-17-15(21(19-18-17)11-13-2-3-13)4-7-20(16)10-14-5-8-23-9-6-14/h13-14,16H,2-12H2,1H3/t16-/m1/s1. The summed E-state index contributed by atoms with van der Waals surface area (Å²) in [5, 5.41) is 9.00. The number of aromatic nitrogens is 3. The number of methoxy groups -OCH3 is 1. The van der Waals surface area contributed by atoms with Crippen molar-refractivity contribution in [3.63, 3.8) is 0 Å². The van der Waals surface area contributed by atoms with Crippen molar-refractivity contribution in [1.82, 2.24) is 19.9 Å². The van der Waals surface area contributed by atoms with Gasteiger partial charge in [-0.3, -0.25) is 4.90 Å². The molecule has 0 aromatic carbocycles. The Labute approximate surface area is 138 Å². The third kappa shape index (κ3) is 3.44. The first-order valence-electron chi connectivity index (χ1n) is 9.08. The Hall–Kier alpha value is -0.980. The molecule has 6 heteroatoms. The number of hydrogen-bond acceptors (Lipinski definition) is 5. The number of hydrogen-bond donors (Lipinski definition) is 0. The molecule has 128 valence electrons. The first kappa shape index (κ1) is 15.5. The van der Waals surface area contributed by atoms with Crippen LogP contribution < -0.4 is 0 Å². The Balaban J connectivity index is 1.49. The summed E-state index contributed by atoms with van der Waals surface area (Å²) in [7, 11) is 1.79. The van der Waals surface area contributed by atoms with Crippen molar-refractivity contribution in [2.75, 3.05) is 40.0 Å². The summed E-state index contributed by atoms with van der Waals surface area (Å²) in [6, 6.07) is 0.263. The lowest BCUT2D eigenvalue weighted by Crippen LogP contribution is -2.42. The number of nitrogens with zero attached hydrogens (tertiary/aromatic N) is 4. The van der Waals surface area contributed by atoms with E-state index in [9.17, 15) is 0 Å². The van der Waals surface area contributed by atoms with Gasteiger partial charge in [-0.05, 0) is 37.5 Å². The van der Waals surface area contributed by atoms with Crippen LogP contribution in [0, 0.1) is 11.8 Å². The lowest BCUT2D eigenvalue weighted by atomic mass is 9.96. The van der Waals surface area contributed by atoms with E-state index in [1.54, 1.807) is 7.11 Å². The second-order valence-electron chi connectivity index (χ2n) is 7.32. The molecule has 1 atom stereocenters. The fourth-order valence-electron chi connectivity index (χ4n) is 3.95. The Morgan fingerprint density at radius 3 is 2.65 bits per heavy atom. The summed E-state index contributed by atoms with van der Waals surface area (Å²) in [5.41, 5.74) is 2.51. The fourth-order valence-corrected chi connectivity index (χ4v) is 3.95. The van der Waals surface area contributed by atoms with Crippen molar-refractivity contribution in [2.45, 2.75) is 44.7 Å². The van der Waals surface area contributed by atoms with Crippen LogP contribution in [0.2, 0.25) is 0 Å². The summed E-state index contributed by atoms with van der Waals surface area (Å²) in [6.45, 7) is 5.82. The first-order valence-corrected chi connectivity index (χ1v) is 9.08. The molecule has 0 bridgehead atoms. The van der Waals surface area contributed by atoms with Gasteiger partial charge in [-0.15, -0.1) is 5.10 Å². The van der Waals surface area contributed by atoms with E-state index in [-0.39, 0.29) is 6.04 Å². The minimum absolute atomic E-state index is 0.263. The number of fused-ring (bicyclic) bond motifs is 1. The van der Waals surface area contributed by atoms with Crippen LogP contribution in [0.5, 0.6) is 0 Å². The van der Waals surface area contributed by atoms with Crippen LogP contribution in [-0.2, 0) is 22.4 Å². The highest BCUT2D eigenvalue weighted by molar-refractivity contribution is 5.19. The van der Waals surface area contributed by atoms with Crippen molar-refractivity contribution >= 4 is 0 Å². The molecule has 6 nitrogen and oxygen atoms in total. The normalized spacial score (nSPS) is 26.4. The molecule has 0 radical (unpaired) electrons. The molecular weight excluding hydrogens is 292 g/mol. The third-order valence-electron chi connectivity index (χ3n) is 5.55. The largest absolute Gasteiger partial charge is 0.383 e. The zero-order chi connectivity index (χ0) is 15.6. The molecule has 0 amide bonds. The van der Waals surface area contributed by atoms with Crippen molar-refractivity contribution in [1.29, 1.82) is 0 Å². The summed E-state index contributed by atoms with van der Waals surface area (Å²) in [5.74, 6) is 1.58. The molecule has 3 heterocycles. The summed E-state index contributed by atoms with van der Waals surface area (Å²) in [4.78, 5) is 2.57. The van der Waals surface area contributed by atoms with E-state index in [1.165, 1.54) is 31.4 Å². The lowest BCUT2D eigenvalue weighted by molar-refractivity contribution is 0.0271. The van der Waals surface area contributed by atoms with E-state index in [2.05, 4.69) is 19.9 Å². The van der Waals surface area contributed by atoms with E-state index < -0.39 is 0 Å². The quantitative estimate of drug-likeness (QED) is 0.798. The van der Waals surface area contributed by atoms with Gasteiger partial charge in [0.15, 0.2) is 0 Å². The van der Waals surface area contributed by atoms with E-state index >= 15 is 0 Å². The van der Waals surface area contributed by atoms with Gasteiger partial charge in [0.25, 0.3) is 0 Å². The van der Waals surface area contributed by atoms with Gasteiger partial charge < -0.3 is 9.47 Å². The maximum Gasteiger partial charge on any atom is 0.105 e. The van der Waals surface area contributed by atoms with Crippen LogP contribution >= 0.6 is 0 Å². The van der Waals surface area contributed by atoms with Crippen molar-refractivity contribution in [2.24, 2.45) is 11.8 Å². The van der Waals surface area contributed by atoms with Crippen LogP contribution in [0.25, 0.3) is 0 Å². The number of ether oxygens (including phenoxy) is 2. The molecule has 3 aliphatic rings. The highest BCUT2D eigenvalue weighted by Gasteiger charge is 2.34. The topological polar surface area (TPSA) is 52.4 Å². The molecular formula is C17H28N4O2. The van der Waals surface area contributed by atoms with E-state index in [0.717, 1.165) is 56.8 Å². The van der Waals surface area contributed by atoms with Gasteiger partial charge in [0, 0.05) is 46.4 Å². The molecule has 0 N–H and O–H groups in total. The van der Waals surface area contributed by atoms with Crippen molar-refractivity contribution in [3.8, 4) is 0 Å². The minimum Gasteiger partial charge on any atom is -0.383 e. The summed E-state index contributed by atoms with van der Waals surface area (Å²) < 4.78 is 13.2. The molecule has 0 unspecified atom stereocenters. The zero-order valence-electron chi connectivity index (χ0n) is 14.1. The molecule has 4 rings (SSSR count). The van der Waals surface area contributed by atoms with Crippen molar-refractivity contribution < 1.29 is 9.47 Å². The van der Waals surface area contributed by atoms with Gasteiger partial charge in [0.1, 0.15) is 5.69 Å². The Morgan fingerprint density at radius 1 is 1.13 bits per heavy atom. The van der Waals surface area contributed by atoms with Crippen molar-refractivity contribution in [3.05, 3.63) is 11.4 Å². The van der Waals surface area contributed by atoms with E-state index in [1.807, 2.05) is 0 Å². The predicted molar refractivity (Wildman–Crippen MR) is 86.2 cm³/mol. The highest BCUT2D eigenvalue weighted by atomic mass is 16.5. The molecule has 1 aromatic heterocycles. The number of rotatable bonds is 6. The fraction of sp³-hybridized carbons (Fsp3) is 0.882. The minimum atomic E-state index is 0.263. The zero-order valence-corrected chi connectivity index (χ0v) is 14.1. The summed E-state index contributed by atoms with van der Waals surface area (Å²) >= 11 is 0. The predicted octanol–water partition coefficient (Wildman–Crippen LogP) is 1.66. The van der Waals surface area contributed by atoms with Crippen LogP contribution in [0.15, 0.2) is 0 Å². The molecule has 2 fully saturated rings. The van der Waals surface area contributed by atoms with Crippen LogP contribution in [-0.4, -0.2) is 59.9 Å². The molecule has 1 aromatic rings. The van der Waals surface area contributed by atoms with Gasteiger partial charge in [0.2, 0.25) is 0 Å². The molecule has 0 spiro atoms. The monoisotopic (exact) mass is 320 g/mol. The molecule has 1 saturated carbocycles. The maximum absolute atomic E-state index is 5.52. The van der Waals surface area contributed by atoms with E-state index in [0.29, 0.717) is 6.61 Å². The summed E-state index contributed by atoms with van der Waals surface area (Å²) in [6.07, 6.45) is 6.13. The highest BCUT2D eigenvalue weighted by Crippen LogP contribution is 2.34. The van der Waals surface area contributed by atoms with Gasteiger partial charge in [0.05, 0.1) is 18.3 Å². The Kier molecular flexibility index (Phi) is 4.64. The molecule has 1 saturated heterocycles. The third-order valence-corrected chi connectivity index (χ3v) is 5.55. The van der Waals surface area contributed by atoms with E-state index in [4.69, 9.17) is 9.47 Å².